The Morgan fingerprint density at radius 2 is 1.75 bits per heavy atom. The van der Waals surface area contributed by atoms with E-state index in [9.17, 15) is 14.4 Å². The van der Waals surface area contributed by atoms with Crippen LogP contribution in [0.4, 0.5) is 0 Å². The highest BCUT2D eigenvalue weighted by Crippen LogP contribution is 2.37. The van der Waals surface area contributed by atoms with Crippen molar-refractivity contribution in [3.63, 3.8) is 0 Å². The number of aryl methyl sites for hydroxylation is 1. The third kappa shape index (κ3) is 5.86. The lowest BCUT2D eigenvalue weighted by molar-refractivity contribution is -0.140. The number of allylic oxidation sites excluding steroid dienone is 1. The predicted octanol–water partition coefficient (Wildman–Crippen LogP) is 5.41. The van der Waals surface area contributed by atoms with Crippen LogP contribution in [0.15, 0.2) is 59.8 Å². The molecule has 0 saturated heterocycles. The summed E-state index contributed by atoms with van der Waals surface area (Å²) in [4.78, 5) is 40.9. The normalized spacial score (nSPS) is 18.8. The summed E-state index contributed by atoms with van der Waals surface area (Å²) < 4.78 is 5.40. The second-order valence-corrected chi connectivity index (χ2v) is 9.88. The SMILES string of the molecule is CCOC(=O)C1=C(C)N(Cc2cccc(C(=O)NC3CCCCC3)c2)C(=O)CC1c1ccc(C)cc1. The number of benzene rings is 2. The number of carbonyl (C=O) groups excluding carboxylic acids is 3. The molecule has 4 rings (SSSR count). The Hall–Kier alpha value is -3.41. The summed E-state index contributed by atoms with van der Waals surface area (Å²) >= 11 is 0. The predicted molar refractivity (Wildman–Crippen MR) is 139 cm³/mol. The molecule has 0 spiro atoms. The molecule has 1 N–H and O–H groups in total. The highest BCUT2D eigenvalue weighted by molar-refractivity contribution is 5.96. The van der Waals surface area contributed by atoms with Gasteiger partial charge in [-0.3, -0.25) is 9.59 Å². The second kappa shape index (κ2) is 11.5. The van der Waals surface area contributed by atoms with Crippen LogP contribution in [0.1, 0.15) is 85.3 Å². The standard InChI is InChI=1S/C30H36N2O4/c1-4-36-30(35)28-21(3)32(27(33)18-26(28)23-15-13-20(2)14-16-23)19-22-9-8-10-24(17-22)29(34)31-25-11-6-5-7-12-25/h8-10,13-17,25-26H,4-7,11-12,18-19H2,1-3H3,(H,31,34). The molecule has 0 radical (unpaired) electrons. The van der Waals surface area contributed by atoms with Gasteiger partial charge in [0.15, 0.2) is 0 Å². The molecular formula is C30H36N2O4. The van der Waals surface area contributed by atoms with Crippen molar-refractivity contribution < 1.29 is 19.1 Å². The molecule has 1 fully saturated rings. The first-order valence-corrected chi connectivity index (χ1v) is 13.0. The van der Waals surface area contributed by atoms with Crippen LogP contribution in [0.25, 0.3) is 0 Å². The minimum absolute atomic E-state index is 0.0526. The number of nitrogens with one attached hydrogen (secondary N) is 1. The molecule has 1 aliphatic heterocycles. The quantitative estimate of drug-likeness (QED) is 0.529. The van der Waals surface area contributed by atoms with Gasteiger partial charge in [-0.15, -0.1) is 0 Å². The lowest BCUT2D eigenvalue weighted by atomic mass is 9.83. The van der Waals surface area contributed by atoms with Gasteiger partial charge in [0.05, 0.1) is 18.7 Å². The van der Waals surface area contributed by atoms with E-state index in [0.717, 1.165) is 42.4 Å². The van der Waals surface area contributed by atoms with E-state index in [-0.39, 0.29) is 36.8 Å². The highest BCUT2D eigenvalue weighted by atomic mass is 16.5. The topological polar surface area (TPSA) is 75.7 Å². The van der Waals surface area contributed by atoms with Gasteiger partial charge in [0.25, 0.3) is 5.91 Å². The van der Waals surface area contributed by atoms with E-state index in [1.165, 1.54) is 6.42 Å². The Bertz CT molecular complexity index is 1150. The van der Waals surface area contributed by atoms with Crippen molar-refractivity contribution in [1.82, 2.24) is 10.2 Å². The van der Waals surface area contributed by atoms with E-state index in [1.54, 1.807) is 17.9 Å². The van der Waals surface area contributed by atoms with Crippen LogP contribution in [-0.2, 0) is 20.9 Å². The minimum Gasteiger partial charge on any atom is -0.463 e. The van der Waals surface area contributed by atoms with Crippen LogP contribution in [0.3, 0.4) is 0 Å². The van der Waals surface area contributed by atoms with Gasteiger partial charge in [-0.05, 0) is 56.9 Å². The molecule has 36 heavy (non-hydrogen) atoms. The molecule has 1 heterocycles. The van der Waals surface area contributed by atoms with Crippen molar-refractivity contribution in [2.75, 3.05) is 6.61 Å². The van der Waals surface area contributed by atoms with Crippen LogP contribution in [0, 0.1) is 6.92 Å². The molecule has 0 bridgehead atoms. The Morgan fingerprint density at radius 3 is 2.44 bits per heavy atom. The number of hydrogen-bond acceptors (Lipinski definition) is 4. The summed E-state index contributed by atoms with van der Waals surface area (Å²) in [5.74, 6) is -0.865. The summed E-state index contributed by atoms with van der Waals surface area (Å²) in [7, 11) is 0. The van der Waals surface area contributed by atoms with Crippen LogP contribution in [0.5, 0.6) is 0 Å². The average molecular weight is 489 g/mol. The number of ether oxygens (including phenoxy) is 1. The fourth-order valence-electron chi connectivity index (χ4n) is 5.27. The largest absolute Gasteiger partial charge is 0.463 e. The second-order valence-electron chi connectivity index (χ2n) is 9.88. The number of esters is 1. The first-order chi connectivity index (χ1) is 17.4. The van der Waals surface area contributed by atoms with E-state index in [1.807, 2.05) is 56.3 Å². The Labute approximate surface area is 213 Å². The lowest BCUT2D eigenvalue weighted by Gasteiger charge is -2.34. The Morgan fingerprint density at radius 1 is 1.03 bits per heavy atom. The third-order valence-corrected chi connectivity index (χ3v) is 7.27. The molecule has 0 aromatic heterocycles. The zero-order valence-electron chi connectivity index (χ0n) is 21.5. The fraction of sp³-hybridized carbons (Fsp3) is 0.433. The van der Waals surface area contributed by atoms with Gasteiger partial charge in [-0.1, -0.05) is 61.2 Å². The number of hydrogen-bond donors (Lipinski definition) is 1. The number of amides is 2. The van der Waals surface area contributed by atoms with E-state index in [2.05, 4.69) is 5.32 Å². The van der Waals surface area contributed by atoms with Gasteiger partial charge in [0.1, 0.15) is 0 Å². The molecule has 2 aromatic rings. The average Bonchev–Trinajstić information content (AvgIpc) is 2.87. The molecule has 1 aliphatic carbocycles. The lowest BCUT2D eigenvalue weighted by Crippen LogP contribution is -2.38. The fourth-order valence-corrected chi connectivity index (χ4v) is 5.27. The maximum atomic E-state index is 13.3. The summed E-state index contributed by atoms with van der Waals surface area (Å²) in [6.45, 7) is 6.16. The monoisotopic (exact) mass is 488 g/mol. The van der Waals surface area contributed by atoms with E-state index in [4.69, 9.17) is 4.74 Å². The maximum Gasteiger partial charge on any atom is 0.336 e. The number of carbonyl (C=O) groups is 3. The molecule has 2 amide bonds. The zero-order valence-corrected chi connectivity index (χ0v) is 21.5. The molecular weight excluding hydrogens is 452 g/mol. The maximum absolute atomic E-state index is 13.3. The van der Waals surface area contributed by atoms with E-state index in [0.29, 0.717) is 23.4 Å². The van der Waals surface area contributed by atoms with Crippen molar-refractivity contribution in [3.05, 3.63) is 82.1 Å². The van der Waals surface area contributed by atoms with Crippen molar-refractivity contribution in [2.45, 2.75) is 77.8 Å². The third-order valence-electron chi connectivity index (χ3n) is 7.27. The number of rotatable bonds is 7. The zero-order chi connectivity index (χ0) is 25.7. The first kappa shape index (κ1) is 25.7. The molecule has 2 aliphatic rings. The first-order valence-electron chi connectivity index (χ1n) is 13.0. The molecule has 1 atom stereocenters. The van der Waals surface area contributed by atoms with Gasteiger partial charge in [-0.2, -0.15) is 0 Å². The molecule has 1 saturated carbocycles. The number of nitrogens with zero attached hydrogens (tertiary/aromatic N) is 1. The molecule has 1 unspecified atom stereocenters. The van der Waals surface area contributed by atoms with Crippen LogP contribution < -0.4 is 5.32 Å². The van der Waals surface area contributed by atoms with Crippen LogP contribution >= 0.6 is 0 Å². The van der Waals surface area contributed by atoms with Gasteiger partial charge in [-0.25, -0.2) is 4.79 Å². The summed E-state index contributed by atoms with van der Waals surface area (Å²) in [6, 6.07) is 15.6. The smallest absolute Gasteiger partial charge is 0.336 e. The van der Waals surface area contributed by atoms with Crippen molar-refractivity contribution in [2.24, 2.45) is 0 Å². The van der Waals surface area contributed by atoms with Crippen LogP contribution in [-0.4, -0.2) is 35.3 Å². The van der Waals surface area contributed by atoms with Crippen molar-refractivity contribution in [3.8, 4) is 0 Å². The molecule has 6 nitrogen and oxygen atoms in total. The molecule has 6 heteroatoms. The summed E-state index contributed by atoms with van der Waals surface area (Å²) in [6.07, 6.45) is 5.78. The highest BCUT2D eigenvalue weighted by Gasteiger charge is 2.37. The van der Waals surface area contributed by atoms with Gasteiger partial charge >= 0.3 is 5.97 Å². The van der Waals surface area contributed by atoms with Gasteiger partial charge < -0.3 is 15.0 Å². The van der Waals surface area contributed by atoms with Crippen molar-refractivity contribution >= 4 is 17.8 Å². The summed E-state index contributed by atoms with van der Waals surface area (Å²) in [5, 5.41) is 3.16. The van der Waals surface area contributed by atoms with Gasteiger partial charge in [0.2, 0.25) is 5.91 Å². The Balaban J connectivity index is 1.58. The molecule has 2 aromatic carbocycles. The minimum atomic E-state index is -0.390. The summed E-state index contributed by atoms with van der Waals surface area (Å²) in [5.41, 5.74) is 4.60. The van der Waals surface area contributed by atoms with Crippen LogP contribution in [0.2, 0.25) is 0 Å². The Kier molecular flexibility index (Phi) is 8.24. The molecule has 190 valence electrons. The van der Waals surface area contributed by atoms with Crippen molar-refractivity contribution in [1.29, 1.82) is 0 Å². The van der Waals surface area contributed by atoms with E-state index >= 15 is 0 Å². The van der Waals surface area contributed by atoms with E-state index < -0.39 is 5.97 Å². The van der Waals surface area contributed by atoms with Gasteiger partial charge in [0, 0.05) is 29.6 Å².